The van der Waals surface area contributed by atoms with Gasteiger partial charge in [0.1, 0.15) is 70.0 Å². The molecule has 0 spiro atoms. The number of pyridine rings is 3. The van der Waals surface area contributed by atoms with E-state index in [1.54, 1.807) is 26.8 Å². The Labute approximate surface area is 540 Å². The molecule has 23 nitrogen and oxygen atoms in total. The number of aromatic amines is 1. The van der Waals surface area contributed by atoms with Crippen LogP contribution in [0, 0.1) is 32.6 Å². The molecule has 12 rings (SSSR count). The Morgan fingerprint density at radius 2 is 1.06 bits per heavy atom. The maximum Gasteiger partial charge on any atom is 0.277 e. The van der Waals surface area contributed by atoms with Crippen molar-refractivity contribution in [3.63, 3.8) is 0 Å². The van der Waals surface area contributed by atoms with Gasteiger partial charge < -0.3 is 43.0 Å². The standard InChI is InChI=1S/C23H21ClN6O3.C15H12BrClN2O2.C9H10O.C8H10N4O.C6H4BrClN2O2/c1-12-4-3-5-14(8-12)23(2)29-21(32)19-15(24)9-16(22(33)30(19)23)27-17-10-18(26-11-25-17)28-20(31)13-6-7-13;1-8-4-3-5-9(6-8)15(2)18-13(20)12-11(17)7-10(16)14(21)19(12)15;1-7-4-3-5-9(6-7)8(2)10;9-6-3-7(11-4-10-6)12-8(13)5-1-2-5;7-2-1-3(8)4(5(9)11)10-6(2)12/h3-5,8-11,13H,6-7H2,1-2H3,(H,29,32)(H2,25,26,27,28,31);3-7H,1-2H3,(H,18,20);3-6H,1-2H3;3-5H,1-2H2,(H3,9,10,11,12,13);1H,(H2,9,11)(H,10,12). The lowest BCUT2D eigenvalue weighted by atomic mass is 9.99. The van der Waals surface area contributed by atoms with Crippen LogP contribution in [0.5, 0.6) is 0 Å². The maximum atomic E-state index is 13.5. The van der Waals surface area contributed by atoms with E-state index in [9.17, 15) is 43.2 Å². The molecule has 2 fully saturated rings. The maximum absolute atomic E-state index is 13.5. The zero-order valence-corrected chi connectivity index (χ0v) is 53.8. The van der Waals surface area contributed by atoms with Crippen molar-refractivity contribution < 1.29 is 28.8 Å². The van der Waals surface area contributed by atoms with Gasteiger partial charge in [0.05, 0.1) is 24.0 Å². The lowest BCUT2D eigenvalue weighted by molar-refractivity contribution is -0.118. The summed E-state index contributed by atoms with van der Waals surface area (Å²) >= 11 is 24.3. The highest BCUT2D eigenvalue weighted by molar-refractivity contribution is 9.10. The lowest BCUT2D eigenvalue weighted by Crippen LogP contribution is -2.46. The highest BCUT2D eigenvalue weighted by Crippen LogP contribution is 2.36. The second-order valence-electron chi connectivity index (χ2n) is 21.2. The Hall–Kier alpha value is -8.88. The van der Waals surface area contributed by atoms with Crippen LogP contribution in [0.3, 0.4) is 0 Å². The summed E-state index contributed by atoms with van der Waals surface area (Å²) in [6.07, 6.45) is 6.33. The van der Waals surface area contributed by atoms with Crippen LogP contribution in [-0.4, -0.2) is 69.4 Å². The zero-order chi connectivity index (χ0) is 64.8. The first-order valence-corrected chi connectivity index (χ1v) is 29.9. The number of ketones is 1. The molecule has 3 aromatic carbocycles. The fraction of sp³-hybridized carbons (Fsp3) is 0.230. The predicted octanol–water partition coefficient (Wildman–Crippen LogP) is 9.69. The number of aryl methyl sites for hydroxylation is 3. The molecule has 0 saturated heterocycles. The normalized spacial score (nSPS) is 16.5. The van der Waals surface area contributed by atoms with Crippen molar-refractivity contribution in [3.8, 4) is 0 Å². The molecule has 5 aromatic heterocycles. The summed E-state index contributed by atoms with van der Waals surface area (Å²) in [7, 11) is 0. The summed E-state index contributed by atoms with van der Waals surface area (Å²) in [5.41, 5.74) is 13.0. The van der Waals surface area contributed by atoms with Gasteiger partial charge in [0.15, 0.2) is 5.78 Å². The quantitative estimate of drug-likeness (QED) is 0.0591. The fourth-order valence-corrected chi connectivity index (χ4v) is 11.0. The van der Waals surface area contributed by atoms with Crippen LogP contribution in [-0.2, 0) is 20.9 Å². The van der Waals surface area contributed by atoms with Gasteiger partial charge in [-0.2, -0.15) is 0 Å². The van der Waals surface area contributed by atoms with Gasteiger partial charge in [-0.3, -0.25) is 52.3 Å². The number of benzene rings is 3. The van der Waals surface area contributed by atoms with Crippen molar-refractivity contribution in [1.82, 2.24) is 44.7 Å². The van der Waals surface area contributed by atoms with Crippen LogP contribution >= 0.6 is 66.7 Å². The van der Waals surface area contributed by atoms with Crippen LogP contribution in [0.4, 0.5) is 29.0 Å². The molecule has 5 amide bonds. The Bertz CT molecular complexity index is 4350. The zero-order valence-electron chi connectivity index (χ0n) is 48.4. The molecule has 10 N–H and O–H groups in total. The fourth-order valence-electron chi connectivity index (χ4n) is 9.22. The summed E-state index contributed by atoms with van der Waals surface area (Å²) in [6, 6.07) is 30.1. The van der Waals surface area contributed by atoms with E-state index in [1.165, 1.54) is 46.1 Å². The number of hydrogen-bond donors (Lipinski definition) is 8. The smallest absolute Gasteiger partial charge is 0.277 e. The van der Waals surface area contributed by atoms with Crippen molar-refractivity contribution >= 4 is 131 Å². The van der Waals surface area contributed by atoms with Gasteiger partial charge in [0.2, 0.25) is 11.8 Å². The summed E-state index contributed by atoms with van der Waals surface area (Å²) in [5.74, 6) is 0.207. The number of amides is 5. The minimum atomic E-state index is -1.12. The molecule has 2 aliphatic carbocycles. The number of primary amides is 1. The van der Waals surface area contributed by atoms with Gasteiger partial charge in [-0.1, -0.05) is 118 Å². The topological polar surface area (TPSA) is 343 Å². The number of anilines is 5. The number of hydrogen-bond acceptors (Lipinski definition) is 15. The highest BCUT2D eigenvalue weighted by Gasteiger charge is 2.44. The molecule has 28 heteroatoms. The number of nitrogens with zero attached hydrogens (tertiary/aromatic N) is 6. The average Bonchev–Trinajstić information content (AvgIpc) is 1.62. The van der Waals surface area contributed by atoms with Gasteiger partial charge in [-0.15, -0.1) is 0 Å². The predicted molar refractivity (Wildman–Crippen MR) is 346 cm³/mol. The van der Waals surface area contributed by atoms with E-state index in [4.69, 9.17) is 46.3 Å². The third-order valence-electron chi connectivity index (χ3n) is 14.1. The van der Waals surface area contributed by atoms with Gasteiger partial charge in [0.25, 0.3) is 34.4 Å². The number of nitrogens with one attached hydrogen (secondary N) is 6. The van der Waals surface area contributed by atoms with Crippen molar-refractivity contribution in [3.05, 3.63) is 221 Å². The van der Waals surface area contributed by atoms with Gasteiger partial charge in [-0.05, 0) is 134 Å². The highest BCUT2D eigenvalue weighted by atomic mass is 79.9. The Morgan fingerprint density at radius 1 is 0.596 bits per heavy atom. The molecule has 2 unspecified atom stereocenters. The molecule has 2 aliphatic heterocycles. The van der Waals surface area contributed by atoms with Crippen LogP contribution in [0.2, 0.25) is 15.1 Å². The van der Waals surface area contributed by atoms with Gasteiger partial charge in [0, 0.05) is 29.5 Å². The van der Waals surface area contributed by atoms with Crippen LogP contribution < -0.4 is 54.7 Å². The Kier molecular flexibility index (Phi) is 20.5. The number of carbonyl (C=O) groups is 6. The van der Waals surface area contributed by atoms with E-state index in [2.05, 4.69) is 83.4 Å². The average molecular weight is 1400 g/mol. The van der Waals surface area contributed by atoms with Crippen molar-refractivity contribution in [2.45, 2.75) is 78.6 Å². The molecular formula is C61H57Br2Cl3N14O9. The molecule has 0 bridgehead atoms. The second-order valence-corrected chi connectivity index (χ2v) is 24.2. The first-order chi connectivity index (χ1) is 42.1. The molecule has 4 aliphatic rings. The van der Waals surface area contributed by atoms with Crippen LogP contribution in [0.15, 0.2) is 139 Å². The number of rotatable bonds is 10. The number of nitrogens with two attached hydrogens (primary N) is 2. The monoisotopic (exact) mass is 1390 g/mol. The molecule has 460 valence electrons. The third-order valence-corrected chi connectivity index (χ3v) is 16.1. The number of aromatic nitrogens is 7. The van der Waals surface area contributed by atoms with Gasteiger partial charge >= 0.3 is 0 Å². The number of fused-ring (bicyclic) bond motifs is 2. The molecule has 0 radical (unpaired) electrons. The number of carbonyl (C=O) groups excluding carboxylic acids is 6. The summed E-state index contributed by atoms with van der Waals surface area (Å²) in [4.78, 5) is 125. The van der Waals surface area contributed by atoms with Crippen LogP contribution in [0.1, 0.15) is 116 Å². The SMILES string of the molecule is CC(=O)c1cccc(C)c1.Cc1cccc(C2(C)NC(=O)c3c(Cl)cc(Br)c(=O)n32)c1.Cc1cccc(C2(C)NC(=O)c3c(Cl)cc(Nc4cc(NC(=O)C5CC5)ncn4)c(=O)n32)c1.NC(=O)c1[nH]c(=O)c(Br)cc1Cl.Nc1cc(NC(=O)C2CC2)ncn1. The minimum absolute atomic E-state index is 0.0260. The van der Waals surface area contributed by atoms with E-state index < -0.39 is 34.3 Å². The molecule has 8 aromatic rings. The number of Topliss-reactive ketones (excluding diaryl/α,β-unsaturated/α-hetero) is 1. The van der Waals surface area contributed by atoms with E-state index in [1.807, 2.05) is 93.6 Å². The van der Waals surface area contributed by atoms with Crippen molar-refractivity contribution in [2.24, 2.45) is 17.6 Å². The van der Waals surface area contributed by atoms with Crippen molar-refractivity contribution in [1.29, 1.82) is 0 Å². The Morgan fingerprint density at radius 3 is 1.53 bits per heavy atom. The molecule has 2 atom stereocenters. The second kappa shape index (κ2) is 27.7. The number of halogens is 5. The molecular weight excluding hydrogens is 1340 g/mol. The van der Waals surface area contributed by atoms with E-state index >= 15 is 0 Å². The minimum Gasteiger partial charge on any atom is -0.384 e. The first-order valence-electron chi connectivity index (χ1n) is 27.2. The summed E-state index contributed by atoms with van der Waals surface area (Å²) in [5, 5.41) is 14.6. The Balaban J connectivity index is 0.000000156. The van der Waals surface area contributed by atoms with Gasteiger partial charge in [-0.25, -0.2) is 19.9 Å². The third kappa shape index (κ3) is 15.7. The summed E-state index contributed by atoms with van der Waals surface area (Å²) in [6.45, 7) is 11.0. The van der Waals surface area contributed by atoms with E-state index in [0.717, 1.165) is 59.1 Å². The molecule has 89 heavy (non-hydrogen) atoms. The molecule has 2 saturated carbocycles. The van der Waals surface area contributed by atoms with E-state index in [-0.39, 0.29) is 83.2 Å². The summed E-state index contributed by atoms with van der Waals surface area (Å²) < 4.78 is 3.37. The molecule has 7 heterocycles. The van der Waals surface area contributed by atoms with E-state index in [0.29, 0.717) is 27.7 Å². The lowest BCUT2D eigenvalue weighted by Gasteiger charge is -2.28. The number of nitrogen functional groups attached to an aromatic ring is 1. The largest absolute Gasteiger partial charge is 0.384 e. The first kappa shape index (κ1) is 66.1. The van der Waals surface area contributed by atoms with Crippen LogP contribution in [0.25, 0.3) is 0 Å². The number of H-pyrrole nitrogens is 1. The van der Waals surface area contributed by atoms with Crippen molar-refractivity contribution in [2.75, 3.05) is 21.7 Å².